The van der Waals surface area contributed by atoms with Crippen LogP contribution in [0.25, 0.3) is 6.08 Å². The molecule has 4 amide bonds. The summed E-state index contributed by atoms with van der Waals surface area (Å²) >= 11 is 0. The third kappa shape index (κ3) is 3.41. The Hall–Kier alpha value is -2.63. The van der Waals surface area contributed by atoms with Gasteiger partial charge in [0, 0.05) is 19.7 Å². The second-order valence-corrected chi connectivity index (χ2v) is 5.81. The Kier molecular flexibility index (Phi) is 4.83. The summed E-state index contributed by atoms with van der Waals surface area (Å²) in [5.41, 5.74) is 0.566. The van der Waals surface area contributed by atoms with Crippen molar-refractivity contribution in [1.29, 1.82) is 0 Å². The van der Waals surface area contributed by atoms with Crippen LogP contribution in [0, 0.1) is 5.92 Å². The predicted molar refractivity (Wildman–Crippen MR) is 85.7 cm³/mol. The number of benzene rings is 1. The topological polar surface area (TPSA) is 66.9 Å². The van der Waals surface area contributed by atoms with Gasteiger partial charge in [0.1, 0.15) is 11.3 Å². The second-order valence-electron chi connectivity index (χ2n) is 5.81. The van der Waals surface area contributed by atoms with E-state index in [2.05, 4.69) is 0 Å². The molecule has 1 saturated heterocycles. The zero-order chi connectivity index (χ0) is 17.1. The van der Waals surface area contributed by atoms with Gasteiger partial charge in [0.25, 0.3) is 11.8 Å². The minimum absolute atomic E-state index is 0.0600. The van der Waals surface area contributed by atoms with Crippen molar-refractivity contribution < 1.29 is 19.1 Å². The number of hydrogen-bond acceptors (Lipinski definition) is 4. The van der Waals surface area contributed by atoms with Crippen molar-refractivity contribution in [2.75, 3.05) is 20.7 Å². The number of imide groups is 2. The van der Waals surface area contributed by atoms with Crippen molar-refractivity contribution >= 4 is 23.9 Å². The molecule has 0 unspecified atom stereocenters. The smallest absolute Gasteiger partial charge is 0.333 e. The van der Waals surface area contributed by atoms with Gasteiger partial charge >= 0.3 is 6.03 Å². The van der Waals surface area contributed by atoms with E-state index in [1.165, 1.54) is 20.2 Å². The van der Waals surface area contributed by atoms with E-state index in [0.717, 1.165) is 9.80 Å². The Balaban J connectivity index is 2.39. The summed E-state index contributed by atoms with van der Waals surface area (Å²) < 4.78 is 5.72. The van der Waals surface area contributed by atoms with Crippen LogP contribution in [0.3, 0.4) is 0 Å². The molecule has 1 aromatic rings. The monoisotopic (exact) mass is 316 g/mol. The molecule has 0 radical (unpaired) electrons. The number of nitrogens with zero attached hydrogens (tertiary/aromatic N) is 2. The number of barbiturate groups is 1. The Labute approximate surface area is 135 Å². The molecule has 6 nitrogen and oxygen atoms in total. The summed E-state index contributed by atoms with van der Waals surface area (Å²) in [6, 6.07) is 6.53. The van der Waals surface area contributed by atoms with Crippen molar-refractivity contribution in [2.24, 2.45) is 5.92 Å². The molecule has 1 aliphatic rings. The third-order valence-electron chi connectivity index (χ3n) is 3.43. The van der Waals surface area contributed by atoms with Gasteiger partial charge in [-0.1, -0.05) is 32.0 Å². The fourth-order valence-corrected chi connectivity index (χ4v) is 2.12. The van der Waals surface area contributed by atoms with E-state index in [1.807, 2.05) is 19.9 Å². The molecule has 1 heterocycles. The fraction of sp³-hybridized carbons (Fsp3) is 0.353. The number of urea groups is 1. The first-order chi connectivity index (χ1) is 10.8. The van der Waals surface area contributed by atoms with Crippen LogP contribution in [0.1, 0.15) is 19.4 Å². The lowest BCUT2D eigenvalue weighted by molar-refractivity contribution is -0.134. The van der Waals surface area contributed by atoms with Gasteiger partial charge in [0.2, 0.25) is 0 Å². The average molecular weight is 316 g/mol. The molecular formula is C17H20N2O4. The van der Waals surface area contributed by atoms with Gasteiger partial charge in [-0.2, -0.15) is 0 Å². The molecule has 1 aromatic carbocycles. The van der Waals surface area contributed by atoms with Gasteiger partial charge in [0.15, 0.2) is 0 Å². The number of rotatable bonds is 4. The van der Waals surface area contributed by atoms with Crippen LogP contribution in [0.5, 0.6) is 5.75 Å². The highest BCUT2D eigenvalue weighted by atomic mass is 16.5. The number of likely N-dealkylation sites (N-methyl/N-ethyl adjacent to an activating group) is 2. The normalized spacial score (nSPS) is 15.5. The fourth-order valence-electron chi connectivity index (χ4n) is 2.12. The first-order valence-corrected chi connectivity index (χ1v) is 7.36. The lowest BCUT2D eigenvalue weighted by Crippen LogP contribution is -2.52. The molecule has 0 aliphatic carbocycles. The lowest BCUT2D eigenvalue weighted by Gasteiger charge is -2.29. The zero-order valence-electron chi connectivity index (χ0n) is 13.7. The summed E-state index contributed by atoms with van der Waals surface area (Å²) in [6.07, 6.45) is 1.47. The standard InChI is InChI=1S/C17H20N2O4/c1-11(2)10-23-14-8-6-5-7-12(14)9-13-15(20)18(3)17(22)19(4)16(13)21/h5-9,11H,10H2,1-4H3. The van der Waals surface area contributed by atoms with Crippen LogP contribution in [0.2, 0.25) is 0 Å². The van der Waals surface area contributed by atoms with Crippen molar-refractivity contribution in [1.82, 2.24) is 9.80 Å². The molecular weight excluding hydrogens is 296 g/mol. The van der Waals surface area contributed by atoms with Crippen molar-refractivity contribution in [3.05, 3.63) is 35.4 Å². The first kappa shape index (κ1) is 16.7. The van der Waals surface area contributed by atoms with E-state index in [0.29, 0.717) is 23.8 Å². The van der Waals surface area contributed by atoms with Gasteiger partial charge in [-0.3, -0.25) is 19.4 Å². The minimum Gasteiger partial charge on any atom is -0.493 e. The molecule has 0 spiro atoms. The molecule has 1 aliphatic heterocycles. The number of carbonyl (C=O) groups is 3. The van der Waals surface area contributed by atoms with Gasteiger partial charge in [-0.25, -0.2) is 4.79 Å². The number of carbonyl (C=O) groups excluding carboxylic acids is 3. The molecule has 0 bridgehead atoms. The predicted octanol–water partition coefficient (Wildman–Crippen LogP) is 2.16. The molecule has 23 heavy (non-hydrogen) atoms. The summed E-state index contributed by atoms with van der Waals surface area (Å²) in [5.74, 6) is -0.284. The van der Waals surface area contributed by atoms with E-state index >= 15 is 0 Å². The first-order valence-electron chi connectivity index (χ1n) is 7.36. The van der Waals surface area contributed by atoms with Crippen molar-refractivity contribution in [3.8, 4) is 5.75 Å². The SMILES string of the molecule is CC(C)COc1ccccc1C=C1C(=O)N(C)C(=O)N(C)C1=O. The molecule has 122 valence electrons. The van der Waals surface area contributed by atoms with E-state index in [1.54, 1.807) is 18.2 Å². The van der Waals surface area contributed by atoms with Crippen molar-refractivity contribution in [2.45, 2.75) is 13.8 Å². The lowest BCUT2D eigenvalue weighted by atomic mass is 10.1. The number of ether oxygens (including phenoxy) is 1. The van der Waals surface area contributed by atoms with E-state index in [-0.39, 0.29) is 5.57 Å². The zero-order valence-corrected chi connectivity index (χ0v) is 13.7. The second kappa shape index (κ2) is 6.64. The molecule has 2 rings (SSSR count). The minimum atomic E-state index is -0.638. The summed E-state index contributed by atoms with van der Waals surface area (Å²) in [5, 5.41) is 0. The van der Waals surface area contributed by atoms with Gasteiger partial charge < -0.3 is 4.74 Å². The molecule has 1 fully saturated rings. The Morgan fingerprint density at radius 1 is 1.04 bits per heavy atom. The third-order valence-corrected chi connectivity index (χ3v) is 3.43. The summed E-state index contributed by atoms with van der Waals surface area (Å²) in [7, 11) is 2.70. The maximum atomic E-state index is 12.2. The summed E-state index contributed by atoms with van der Waals surface area (Å²) in [4.78, 5) is 38.0. The Morgan fingerprint density at radius 3 is 2.17 bits per heavy atom. The number of para-hydroxylation sites is 1. The quantitative estimate of drug-likeness (QED) is 0.630. The molecule has 0 N–H and O–H groups in total. The molecule has 0 atom stereocenters. The van der Waals surface area contributed by atoms with Gasteiger partial charge in [-0.15, -0.1) is 0 Å². The van der Waals surface area contributed by atoms with Crippen LogP contribution >= 0.6 is 0 Å². The van der Waals surface area contributed by atoms with E-state index in [9.17, 15) is 14.4 Å². The molecule has 6 heteroatoms. The number of amides is 4. The van der Waals surface area contributed by atoms with E-state index < -0.39 is 17.8 Å². The van der Waals surface area contributed by atoms with Gasteiger partial charge in [-0.05, 0) is 18.1 Å². The van der Waals surface area contributed by atoms with Crippen molar-refractivity contribution in [3.63, 3.8) is 0 Å². The Bertz CT molecular complexity index is 653. The largest absolute Gasteiger partial charge is 0.493 e. The highest BCUT2D eigenvalue weighted by Crippen LogP contribution is 2.24. The van der Waals surface area contributed by atoms with Gasteiger partial charge in [0.05, 0.1) is 6.61 Å². The molecule has 0 aromatic heterocycles. The summed E-state index contributed by atoms with van der Waals surface area (Å²) in [6.45, 7) is 4.59. The van der Waals surface area contributed by atoms with Crippen LogP contribution in [-0.2, 0) is 9.59 Å². The Morgan fingerprint density at radius 2 is 1.61 bits per heavy atom. The average Bonchev–Trinajstić information content (AvgIpc) is 2.54. The number of hydrogen-bond donors (Lipinski definition) is 0. The van der Waals surface area contributed by atoms with E-state index in [4.69, 9.17) is 4.74 Å². The van der Waals surface area contributed by atoms with Crippen LogP contribution in [-0.4, -0.2) is 48.3 Å². The highest BCUT2D eigenvalue weighted by Gasteiger charge is 2.37. The van der Waals surface area contributed by atoms with Crippen LogP contribution in [0.4, 0.5) is 4.79 Å². The van der Waals surface area contributed by atoms with Crippen LogP contribution < -0.4 is 4.74 Å². The maximum Gasteiger partial charge on any atom is 0.333 e. The van der Waals surface area contributed by atoms with Crippen LogP contribution in [0.15, 0.2) is 29.8 Å². The highest BCUT2D eigenvalue weighted by molar-refractivity contribution is 6.30. The maximum absolute atomic E-state index is 12.2. The molecule has 0 saturated carbocycles.